The lowest BCUT2D eigenvalue weighted by Crippen LogP contribution is -2.74. The third-order valence-corrected chi connectivity index (χ3v) is 34.4. The number of ether oxygens (including phenoxy) is 11. The van der Waals surface area contributed by atoms with E-state index < -0.39 is 48.4 Å². The van der Waals surface area contributed by atoms with Gasteiger partial charge in [0.25, 0.3) is 35.8 Å². The van der Waals surface area contributed by atoms with Gasteiger partial charge in [-0.3, -0.25) is 52.1 Å². The Balaban J connectivity index is 2.19. The van der Waals surface area contributed by atoms with Crippen LogP contribution < -0.4 is 0 Å². The number of hydrogen-bond donors (Lipinski definition) is 0. The number of rotatable bonds is 36. The van der Waals surface area contributed by atoms with Crippen LogP contribution in [-0.4, -0.2) is 54.6 Å². The SMILES string of the molecule is CCCC=CCC1OC2(CC=CCCC)OC3(CC=CCCC)OC(CC=CCCC)OC4(CC=CCCC)OC(CC=CCCC)(O1)OC(CC=CCCCC)(O2)OC(CC=CCCP(PP)P(P)P)(O3)O4. The smallest absolute Gasteiger partial charge is 0.297 e. The lowest BCUT2D eigenvalue weighted by atomic mass is 10.1. The highest BCUT2D eigenvalue weighted by Crippen LogP contribution is 2.88. The van der Waals surface area contributed by atoms with E-state index in [1.54, 1.807) is 0 Å². The van der Waals surface area contributed by atoms with Gasteiger partial charge in [0.2, 0.25) is 0 Å². The van der Waals surface area contributed by atoms with Crippen LogP contribution in [0.5, 0.6) is 0 Å². The van der Waals surface area contributed by atoms with Crippen molar-refractivity contribution < 1.29 is 52.1 Å². The van der Waals surface area contributed by atoms with Crippen LogP contribution in [0, 0.1) is 0 Å². The molecule has 4 aliphatic heterocycles. The van der Waals surface area contributed by atoms with E-state index >= 15 is 0 Å². The molecule has 4 fully saturated rings. The zero-order valence-corrected chi connectivity index (χ0v) is 51.9. The van der Waals surface area contributed by atoms with Gasteiger partial charge in [-0.1, -0.05) is 205 Å². The van der Waals surface area contributed by atoms with Crippen LogP contribution in [0.25, 0.3) is 0 Å². The fraction of sp³-hybridized carbons (Fsp3) is 0.714. The molecule has 73 heavy (non-hydrogen) atoms. The summed E-state index contributed by atoms with van der Waals surface area (Å²) in [6.45, 7) is 14.9. The normalized spacial score (nSPS) is 31.8. The average molecular weight is 1130 g/mol. The summed E-state index contributed by atoms with van der Waals surface area (Å²) in [5, 5.41) is 0. The standard InChI is InChI=1S/C56H96O11P6/c1-8-15-22-29-37-46-55-63-51(42-33-25-18-11-4)57-49(40-31-23-16-9-2)58-52(64-55,43-34-26-19-12-5)62-54(45-36-28-21-14-7)60-50(41-32-24-17-10-3)59-53(61-51,44-35-27-20-13-6)65-56(66-54,67-55)47-38-30-39-48-72(71-68)73(69)70/h23-38,49-50,71H,8-22,39-48,68-70H2,1-7H3. The van der Waals surface area contributed by atoms with Crippen LogP contribution in [0.1, 0.15) is 203 Å². The fourth-order valence-electron chi connectivity index (χ4n) is 8.37. The predicted octanol–water partition coefficient (Wildman–Crippen LogP) is 18.6. The Labute approximate surface area is 453 Å². The molecule has 416 valence electrons. The van der Waals surface area contributed by atoms with Gasteiger partial charge in [0.15, 0.2) is 12.6 Å². The molecule has 0 spiro atoms. The van der Waals surface area contributed by atoms with Gasteiger partial charge in [-0.25, -0.2) is 0 Å². The van der Waals surface area contributed by atoms with Gasteiger partial charge in [-0.2, -0.15) is 0 Å². The van der Waals surface area contributed by atoms with Gasteiger partial charge >= 0.3 is 0 Å². The van der Waals surface area contributed by atoms with E-state index in [1.807, 2.05) is 30.4 Å². The summed E-state index contributed by atoms with van der Waals surface area (Å²) in [6.07, 6.45) is 48.0. The number of unbranched alkanes of at least 4 members (excludes halogenated alkanes) is 8. The van der Waals surface area contributed by atoms with Crippen LogP contribution in [0.4, 0.5) is 0 Å². The first-order valence-electron chi connectivity index (χ1n) is 27.7. The molecule has 6 bridgehead atoms. The number of fused-ring (bicyclic) bond motifs is 4. The first-order chi connectivity index (χ1) is 35.4. The molecule has 4 saturated heterocycles. The average Bonchev–Trinajstić information content (AvgIpc) is 3.34. The Bertz CT molecular complexity index is 1700. The number of allylic oxidation sites excluding steroid dienone is 8. The molecule has 0 aromatic rings. The first-order valence-corrected chi connectivity index (χ1v) is 38.2. The summed E-state index contributed by atoms with van der Waals surface area (Å²) < 4.78 is 82.2. The van der Waals surface area contributed by atoms with E-state index in [2.05, 4.69) is 142 Å². The van der Waals surface area contributed by atoms with Gasteiger partial charge < -0.3 is 0 Å². The molecule has 11 nitrogen and oxygen atoms in total. The fourth-order valence-corrected chi connectivity index (χ4v) is 30.3. The van der Waals surface area contributed by atoms with Crippen molar-refractivity contribution in [3.05, 3.63) is 97.2 Å². The molecule has 0 aromatic heterocycles. The Morgan fingerprint density at radius 3 is 0.932 bits per heavy atom. The topological polar surface area (TPSA) is 102 Å². The minimum Gasteiger partial charge on any atom is -0.297 e. The molecule has 0 radical (unpaired) electrons. The molecule has 0 aromatic carbocycles. The molecule has 0 N–H and O–H groups in total. The van der Waals surface area contributed by atoms with Crippen molar-refractivity contribution in [2.75, 3.05) is 6.16 Å². The van der Waals surface area contributed by atoms with Crippen molar-refractivity contribution in [2.24, 2.45) is 0 Å². The Morgan fingerprint density at radius 1 is 0.356 bits per heavy atom. The minimum absolute atomic E-state index is 0.0549. The van der Waals surface area contributed by atoms with E-state index in [4.69, 9.17) is 52.1 Å². The second-order valence-electron chi connectivity index (χ2n) is 18.9. The lowest BCUT2D eigenvalue weighted by Gasteiger charge is -2.61. The van der Waals surface area contributed by atoms with Gasteiger partial charge in [-0.15, -0.1) is 26.8 Å². The first kappa shape index (κ1) is 65.6. The molecular weight excluding hydrogens is 1030 g/mol. The maximum absolute atomic E-state index is 7.58. The van der Waals surface area contributed by atoms with Crippen LogP contribution in [0.15, 0.2) is 97.2 Å². The van der Waals surface area contributed by atoms with E-state index in [0.717, 1.165) is 117 Å². The summed E-state index contributed by atoms with van der Waals surface area (Å²) in [6, 6.07) is 0. The van der Waals surface area contributed by atoms with Crippen LogP contribution in [0.3, 0.4) is 0 Å². The van der Waals surface area contributed by atoms with E-state index in [1.165, 1.54) is 0 Å². The maximum atomic E-state index is 7.58. The lowest BCUT2D eigenvalue weighted by molar-refractivity contribution is -0.733. The molecule has 4 aliphatic rings. The molecule has 0 aliphatic carbocycles. The van der Waals surface area contributed by atoms with Crippen molar-refractivity contribution in [1.29, 1.82) is 0 Å². The van der Waals surface area contributed by atoms with Crippen molar-refractivity contribution in [2.45, 2.75) is 251 Å². The summed E-state index contributed by atoms with van der Waals surface area (Å²) in [5.41, 5.74) is 0. The van der Waals surface area contributed by atoms with Crippen LogP contribution in [0.2, 0.25) is 0 Å². The zero-order chi connectivity index (χ0) is 52.8. The highest BCUT2D eigenvalue weighted by atomic mass is 32.9. The van der Waals surface area contributed by atoms with Gasteiger partial charge in [0, 0.05) is 51.4 Å². The summed E-state index contributed by atoms with van der Waals surface area (Å²) in [4.78, 5) is 0. The van der Waals surface area contributed by atoms with E-state index in [0.29, 0.717) is 12.8 Å². The predicted molar refractivity (Wildman–Crippen MR) is 316 cm³/mol. The molecule has 9 atom stereocenters. The Kier molecular flexibility index (Phi) is 32.0. The van der Waals surface area contributed by atoms with Crippen molar-refractivity contribution in [3.63, 3.8) is 0 Å². The van der Waals surface area contributed by atoms with Crippen LogP contribution >= 0.6 is 49.0 Å². The van der Waals surface area contributed by atoms with Gasteiger partial charge in [0.05, 0.1) is 0 Å². The quantitative estimate of drug-likeness (QED) is 0.0340. The summed E-state index contributed by atoms with van der Waals surface area (Å²) >= 11 is 0. The van der Waals surface area contributed by atoms with E-state index in [9.17, 15) is 0 Å². The highest BCUT2D eigenvalue weighted by molar-refractivity contribution is 8.87. The molecule has 4 heterocycles. The minimum atomic E-state index is -2.08. The van der Waals surface area contributed by atoms with Crippen molar-refractivity contribution >= 4 is 49.0 Å². The zero-order valence-electron chi connectivity index (χ0n) is 45.7. The second kappa shape index (κ2) is 35.6. The molecular formula is C56H96O11P6. The Hall–Kier alpha value is 0.0600. The molecule has 9 unspecified atom stereocenters. The van der Waals surface area contributed by atoms with Crippen LogP contribution in [-0.2, 0) is 52.1 Å². The van der Waals surface area contributed by atoms with Crippen molar-refractivity contribution in [3.8, 4) is 0 Å². The number of hydrogen-bond acceptors (Lipinski definition) is 11. The molecule has 0 amide bonds. The molecule has 0 saturated carbocycles. The van der Waals surface area contributed by atoms with Crippen molar-refractivity contribution in [1.82, 2.24) is 0 Å². The Morgan fingerprint density at radius 2 is 0.630 bits per heavy atom. The third-order valence-electron chi connectivity index (χ3n) is 12.0. The summed E-state index contributed by atoms with van der Waals surface area (Å²) in [5.74, 6) is -12.2. The molecule has 4 rings (SSSR count). The maximum Gasteiger partial charge on any atom is 0.299 e. The highest BCUT2D eigenvalue weighted by Gasteiger charge is 2.70. The van der Waals surface area contributed by atoms with E-state index in [-0.39, 0.29) is 52.8 Å². The molecule has 17 heteroatoms. The van der Waals surface area contributed by atoms with Gasteiger partial charge in [0.1, 0.15) is 0 Å². The third kappa shape index (κ3) is 22.6. The monoisotopic (exact) mass is 1130 g/mol. The second-order valence-corrected chi connectivity index (χ2v) is 37.6. The van der Waals surface area contributed by atoms with Gasteiger partial charge in [-0.05, 0) is 71.8 Å². The largest absolute Gasteiger partial charge is 0.299 e. The summed E-state index contributed by atoms with van der Waals surface area (Å²) in [7, 11) is 9.71.